The van der Waals surface area contributed by atoms with Crippen LogP contribution >= 0.6 is 0 Å². The topological polar surface area (TPSA) is 82.8 Å². The third-order valence-corrected chi connectivity index (χ3v) is 3.83. The maximum Gasteiger partial charge on any atom is 0.228 e. The van der Waals surface area contributed by atoms with E-state index in [2.05, 4.69) is 15.2 Å². The van der Waals surface area contributed by atoms with Crippen LogP contribution in [0.25, 0.3) is 11.5 Å². The van der Waals surface area contributed by atoms with E-state index in [9.17, 15) is 0 Å². The number of hydrogen-bond donors (Lipinski definition) is 1. The summed E-state index contributed by atoms with van der Waals surface area (Å²) in [5, 5.41) is 8.21. The largest absolute Gasteiger partial charge is 0.339 e. The summed E-state index contributed by atoms with van der Waals surface area (Å²) in [6.45, 7) is 0. The van der Waals surface area contributed by atoms with Crippen molar-refractivity contribution in [2.24, 2.45) is 18.7 Å². The average Bonchev–Trinajstić information content (AvgIpc) is 3.07. The van der Waals surface area contributed by atoms with Crippen molar-refractivity contribution in [2.45, 2.75) is 38.1 Å². The molecule has 0 spiro atoms. The number of nitrogens with zero attached hydrogens (tertiary/aromatic N) is 4. The van der Waals surface area contributed by atoms with Gasteiger partial charge in [-0.1, -0.05) is 18.0 Å². The molecule has 102 valence electrons. The molecule has 1 unspecified atom stereocenters. The lowest BCUT2D eigenvalue weighted by atomic mass is 9.96. The zero-order valence-electron chi connectivity index (χ0n) is 11.1. The summed E-state index contributed by atoms with van der Waals surface area (Å²) < 4.78 is 6.99. The predicted molar refractivity (Wildman–Crippen MR) is 70.1 cm³/mol. The fourth-order valence-corrected chi connectivity index (χ4v) is 2.73. The van der Waals surface area contributed by atoms with Gasteiger partial charge in [0.1, 0.15) is 5.69 Å². The molecule has 0 radical (unpaired) electrons. The minimum Gasteiger partial charge on any atom is -0.339 e. The normalized spacial score (nSPS) is 18.0. The van der Waals surface area contributed by atoms with E-state index in [1.54, 1.807) is 4.68 Å². The molecule has 1 aliphatic rings. The molecule has 0 bridgehead atoms. The summed E-state index contributed by atoms with van der Waals surface area (Å²) in [4.78, 5) is 4.37. The van der Waals surface area contributed by atoms with Crippen molar-refractivity contribution >= 4 is 0 Å². The van der Waals surface area contributed by atoms with Crippen molar-refractivity contribution in [1.82, 2.24) is 19.9 Å². The van der Waals surface area contributed by atoms with E-state index in [-0.39, 0.29) is 6.04 Å². The average molecular weight is 261 g/mol. The Hall–Kier alpha value is -1.69. The van der Waals surface area contributed by atoms with Crippen molar-refractivity contribution < 1.29 is 4.52 Å². The van der Waals surface area contributed by atoms with Gasteiger partial charge in [-0.25, -0.2) is 0 Å². The first-order valence-electron chi connectivity index (χ1n) is 6.80. The lowest BCUT2D eigenvalue weighted by Gasteiger charge is -2.16. The number of nitrogens with two attached hydrogens (primary N) is 1. The van der Waals surface area contributed by atoms with Crippen LogP contribution in [0, 0.1) is 5.92 Å². The van der Waals surface area contributed by atoms with Crippen molar-refractivity contribution in [3.8, 4) is 11.5 Å². The molecular formula is C13H19N5O. The first-order valence-corrected chi connectivity index (χ1v) is 6.80. The summed E-state index contributed by atoms with van der Waals surface area (Å²) in [5.74, 6) is 1.75. The van der Waals surface area contributed by atoms with E-state index >= 15 is 0 Å². The molecule has 2 aromatic heterocycles. The van der Waals surface area contributed by atoms with Gasteiger partial charge in [0, 0.05) is 25.7 Å². The fraction of sp³-hybridized carbons (Fsp3) is 0.615. The Morgan fingerprint density at radius 3 is 2.95 bits per heavy atom. The first kappa shape index (κ1) is 12.3. The molecule has 0 aliphatic heterocycles. The quantitative estimate of drug-likeness (QED) is 0.902. The Kier molecular flexibility index (Phi) is 3.33. The highest BCUT2D eigenvalue weighted by Crippen LogP contribution is 2.28. The van der Waals surface area contributed by atoms with Gasteiger partial charge < -0.3 is 10.3 Å². The van der Waals surface area contributed by atoms with Crippen molar-refractivity contribution in [1.29, 1.82) is 0 Å². The van der Waals surface area contributed by atoms with Crippen molar-refractivity contribution in [3.05, 3.63) is 18.2 Å². The van der Waals surface area contributed by atoms with Gasteiger partial charge in [0.2, 0.25) is 11.7 Å². The zero-order chi connectivity index (χ0) is 13.2. The van der Waals surface area contributed by atoms with Crippen LogP contribution in [-0.4, -0.2) is 26.0 Å². The van der Waals surface area contributed by atoms with Gasteiger partial charge in [-0.3, -0.25) is 4.68 Å². The molecule has 19 heavy (non-hydrogen) atoms. The molecule has 0 amide bonds. The van der Waals surface area contributed by atoms with Crippen molar-refractivity contribution in [2.75, 3.05) is 0 Å². The number of aromatic nitrogens is 4. The molecular weight excluding hydrogens is 242 g/mol. The molecule has 6 nitrogen and oxygen atoms in total. The number of hydrogen-bond acceptors (Lipinski definition) is 5. The molecule has 1 saturated carbocycles. The van der Waals surface area contributed by atoms with Gasteiger partial charge in [0.25, 0.3) is 0 Å². The van der Waals surface area contributed by atoms with Crippen LogP contribution in [-0.2, 0) is 13.5 Å². The molecule has 2 aromatic rings. The molecule has 2 heterocycles. The highest BCUT2D eigenvalue weighted by Gasteiger charge is 2.24. The second-order valence-electron chi connectivity index (χ2n) is 5.30. The molecule has 3 rings (SSSR count). The Labute approximate surface area is 112 Å². The molecule has 2 N–H and O–H groups in total. The second-order valence-corrected chi connectivity index (χ2v) is 5.30. The zero-order valence-corrected chi connectivity index (χ0v) is 11.1. The predicted octanol–water partition coefficient (Wildman–Crippen LogP) is 1.53. The SMILES string of the molecule is Cn1ccc(-c2noc(CC(N)C3CCCC3)n2)n1. The maximum atomic E-state index is 6.22. The smallest absolute Gasteiger partial charge is 0.228 e. The van der Waals surface area contributed by atoms with Crippen LogP contribution in [0.2, 0.25) is 0 Å². The van der Waals surface area contributed by atoms with Crippen LogP contribution in [0.5, 0.6) is 0 Å². The van der Waals surface area contributed by atoms with Crippen molar-refractivity contribution in [3.63, 3.8) is 0 Å². The highest BCUT2D eigenvalue weighted by atomic mass is 16.5. The standard InChI is InChI=1S/C13H19N5O/c1-18-7-6-11(16-18)13-15-12(19-17-13)8-10(14)9-4-2-3-5-9/h6-7,9-10H,2-5,8,14H2,1H3. The van der Waals surface area contributed by atoms with Gasteiger partial charge in [-0.05, 0) is 24.8 Å². The van der Waals surface area contributed by atoms with E-state index < -0.39 is 0 Å². The van der Waals surface area contributed by atoms with Gasteiger partial charge >= 0.3 is 0 Å². The van der Waals surface area contributed by atoms with Crippen LogP contribution in [0.1, 0.15) is 31.6 Å². The Bertz CT molecular complexity index is 541. The minimum atomic E-state index is 0.125. The molecule has 1 aliphatic carbocycles. The van der Waals surface area contributed by atoms with E-state index in [0.717, 1.165) is 5.69 Å². The molecule has 1 atom stereocenters. The number of aryl methyl sites for hydroxylation is 1. The highest BCUT2D eigenvalue weighted by molar-refractivity contribution is 5.46. The lowest BCUT2D eigenvalue weighted by molar-refractivity contribution is 0.341. The van der Waals surface area contributed by atoms with E-state index in [1.165, 1.54) is 25.7 Å². The van der Waals surface area contributed by atoms with Crippen LogP contribution in [0.4, 0.5) is 0 Å². The summed E-state index contributed by atoms with van der Waals surface area (Å²) in [7, 11) is 1.86. The summed E-state index contributed by atoms with van der Waals surface area (Å²) in [5.41, 5.74) is 6.94. The van der Waals surface area contributed by atoms with Gasteiger partial charge in [0.05, 0.1) is 0 Å². The summed E-state index contributed by atoms with van der Waals surface area (Å²) >= 11 is 0. The maximum absolute atomic E-state index is 6.22. The monoisotopic (exact) mass is 261 g/mol. The summed E-state index contributed by atoms with van der Waals surface area (Å²) in [6, 6.07) is 1.99. The molecule has 0 saturated heterocycles. The third kappa shape index (κ3) is 2.68. The molecule has 0 aromatic carbocycles. The van der Waals surface area contributed by atoms with Crippen LogP contribution < -0.4 is 5.73 Å². The minimum absolute atomic E-state index is 0.125. The van der Waals surface area contributed by atoms with Gasteiger partial charge in [-0.15, -0.1) is 0 Å². The first-order chi connectivity index (χ1) is 9.22. The van der Waals surface area contributed by atoms with Crippen LogP contribution in [0.3, 0.4) is 0 Å². The van der Waals surface area contributed by atoms with Gasteiger partial charge in [-0.2, -0.15) is 10.1 Å². The summed E-state index contributed by atoms with van der Waals surface area (Å²) in [6.07, 6.45) is 7.55. The van der Waals surface area contributed by atoms with Gasteiger partial charge in [0.15, 0.2) is 0 Å². The van der Waals surface area contributed by atoms with E-state index in [4.69, 9.17) is 10.3 Å². The Morgan fingerprint density at radius 1 is 1.47 bits per heavy atom. The Morgan fingerprint density at radius 2 is 2.26 bits per heavy atom. The van der Waals surface area contributed by atoms with E-state index in [1.807, 2.05) is 19.3 Å². The lowest BCUT2D eigenvalue weighted by Crippen LogP contribution is -2.30. The third-order valence-electron chi connectivity index (χ3n) is 3.83. The number of rotatable bonds is 4. The van der Waals surface area contributed by atoms with E-state index in [0.29, 0.717) is 24.1 Å². The fourth-order valence-electron chi connectivity index (χ4n) is 2.73. The molecule has 6 heteroatoms. The molecule has 1 fully saturated rings. The second kappa shape index (κ2) is 5.13. The van der Waals surface area contributed by atoms with Crippen LogP contribution in [0.15, 0.2) is 16.8 Å². The Balaban J connectivity index is 1.67.